The van der Waals surface area contributed by atoms with Gasteiger partial charge in [-0.1, -0.05) is 5.16 Å². The number of nitrogens with two attached hydrogens (primary N) is 1. The molecule has 30 heavy (non-hydrogen) atoms. The lowest BCUT2D eigenvalue weighted by Crippen LogP contribution is -2.24. The number of benzene rings is 1. The summed E-state index contributed by atoms with van der Waals surface area (Å²) in [5.41, 5.74) is 9.39. The normalized spacial score (nSPS) is 16.8. The van der Waals surface area contributed by atoms with Crippen LogP contribution in [0, 0.1) is 0 Å². The summed E-state index contributed by atoms with van der Waals surface area (Å²) in [6.07, 6.45) is 1.66. The van der Waals surface area contributed by atoms with Gasteiger partial charge in [0.15, 0.2) is 22.3 Å². The maximum absolute atomic E-state index is 11.9. The van der Waals surface area contributed by atoms with Gasteiger partial charge in [-0.2, -0.15) is 5.10 Å². The first-order valence-corrected chi connectivity index (χ1v) is 9.45. The molecule has 0 fully saturated rings. The Morgan fingerprint density at radius 2 is 2.07 bits per heavy atom. The summed E-state index contributed by atoms with van der Waals surface area (Å²) in [4.78, 5) is 17.4. The molecule has 1 atom stereocenters. The maximum Gasteiger partial charge on any atom is 0.356 e. The number of hydrazone groups is 1. The van der Waals surface area contributed by atoms with Crippen molar-refractivity contribution in [3.8, 4) is 23.0 Å². The second-order valence-electron chi connectivity index (χ2n) is 6.15. The first kappa shape index (κ1) is 21.4. The fourth-order valence-electron chi connectivity index (χ4n) is 3.15. The molecule has 1 aromatic carbocycles. The summed E-state index contributed by atoms with van der Waals surface area (Å²) in [5.74, 6) is 1.12. The van der Waals surface area contributed by atoms with Crippen LogP contribution >= 0.6 is 12.2 Å². The minimum atomic E-state index is -0.502. The second-order valence-corrected chi connectivity index (χ2v) is 6.59. The van der Waals surface area contributed by atoms with Crippen molar-refractivity contribution in [2.24, 2.45) is 16.0 Å². The number of esters is 1. The van der Waals surface area contributed by atoms with Crippen LogP contribution < -0.4 is 30.1 Å². The van der Waals surface area contributed by atoms with E-state index in [0.29, 0.717) is 40.5 Å². The molecule has 2 heterocycles. The van der Waals surface area contributed by atoms with E-state index >= 15 is 0 Å². The Morgan fingerprint density at radius 1 is 1.33 bits per heavy atom. The average molecular weight is 438 g/mol. The number of rotatable bonds is 8. The zero-order valence-electron chi connectivity index (χ0n) is 16.7. The molecule has 162 valence electrons. The minimum Gasteiger partial charge on any atom is -0.492 e. The van der Waals surface area contributed by atoms with E-state index in [9.17, 15) is 4.79 Å². The number of nitrogens with one attached hydrogen (secondary N) is 1. The first-order chi connectivity index (χ1) is 14.5. The van der Waals surface area contributed by atoms with Gasteiger partial charge in [0.25, 0.3) is 0 Å². The van der Waals surface area contributed by atoms with Gasteiger partial charge in [-0.05, 0) is 19.1 Å². The zero-order valence-corrected chi connectivity index (χ0v) is 17.5. The molecule has 0 saturated heterocycles. The van der Waals surface area contributed by atoms with E-state index in [4.69, 9.17) is 46.5 Å². The lowest BCUT2D eigenvalue weighted by atomic mass is 9.96. The Labute approximate surface area is 178 Å². The van der Waals surface area contributed by atoms with E-state index in [1.54, 1.807) is 6.92 Å². The van der Waals surface area contributed by atoms with E-state index in [2.05, 4.69) is 15.7 Å². The number of methoxy groups -OCH3 is 2. The van der Waals surface area contributed by atoms with Gasteiger partial charge in [0.05, 0.1) is 27.0 Å². The van der Waals surface area contributed by atoms with Gasteiger partial charge in [-0.25, -0.2) is 4.79 Å². The van der Waals surface area contributed by atoms with Gasteiger partial charge in [0.1, 0.15) is 6.10 Å². The van der Waals surface area contributed by atoms with Crippen molar-refractivity contribution < 1.29 is 33.3 Å². The predicted octanol–water partition coefficient (Wildman–Crippen LogP) is 0.850. The van der Waals surface area contributed by atoms with E-state index in [-0.39, 0.29) is 30.6 Å². The molecule has 0 spiro atoms. The molecule has 0 unspecified atom stereocenters. The fraction of sp³-hybridized carbons (Fsp3) is 0.444. The largest absolute Gasteiger partial charge is 0.492 e. The number of oxime groups is 1. The van der Waals surface area contributed by atoms with Crippen LogP contribution in [0.2, 0.25) is 0 Å². The lowest BCUT2D eigenvalue weighted by molar-refractivity contribution is -0.135. The third-order valence-corrected chi connectivity index (χ3v) is 4.41. The standard InChI is InChI=1S/C18H22N4O7S/c1-4-26-17(23)12-6-9(29-22-12)5-10-11(7-20-21-18(19)30)14-16(28-8-27-14)15(25-3)13(10)24-2/h7,9H,4-6,8H2,1-3H3,(H3,19,21,30)/b20-7-/t9-/m1/s1. The number of nitrogens with zero attached hydrogens (tertiary/aromatic N) is 2. The van der Waals surface area contributed by atoms with Gasteiger partial charge in [-0.15, -0.1) is 0 Å². The lowest BCUT2D eigenvalue weighted by Gasteiger charge is -2.19. The second kappa shape index (κ2) is 9.48. The maximum atomic E-state index is 11.9. The van der Waals surface area contributed by atoms with Crippen LogP contribution in [-0.2, 0) is 20.8 Å². The van der Waals surface area contributed by atoms with E-state index in [0.717, 1.165) is 0 Å². The molecular formula is C18H22N4O7S. The van der Waals surface area contributed by atoms with Gasteiger partial charge in [-0.3, -0.25) is 5.43 Å². The molecular weight excluding hydrogens is 416 g/mol. The van der Waals surface area contributed by atoms with E-state index in [1.807, 2.05) is 0 Å². The van der Waals surface area contributed by atoms with Crippen LogP contribution in [0.15, 0.2) is 10.3 Å². The Kier molecular flexibility index (Phi) is 6.77. The first-order valence-electron chi connectivity index (χ1n) is 9.04. The molecule has 3 rings (SSSR count). The molecule has 0 saturated carbocycles. The van der Waals surface area contributed by atoms with Crippen LogP contribution in [0.4, 0.5) is 0 Å². The number of ether oxygens (including phenoxy) is 5. The van der Waals surface area contributed by atoms with Gasteiger partial charge in [0.2, 0.25) is 18.3 Å². The molecule has 2 aliphatic rings. The summed E-state index contributed by atoms with van der Waals surface area (Å²) >= 11 is 4.78. The van der Waals surface area contributed by atoms with Crippen molar-refractivity contribution in [2.45, 2.75) is 25.9 Å². The number of hydrogen-bond acceptors (Lipinski definition) is 10. The Bertz CT molecular complexity index is 903. The van der Waals surface area contributed by atoms with Crippen molar-refractivity contribution in [3.05, 3.63) is 11.1 Å². The summed E-state index contributed by atoms with van der Waals surface area (Å²) in [5, 5.41) is 7.90. The van der Waals surface area contributed by atoms with Crippen molar-refractivity contribution in [1.82, 2.24) is 5.43 Å². The molecule has 0 amide bonds. The monoisotopic (exact) mass is 438 g/mol. The topological polar surface area (TPSA) is 135 Å². The molecule has 0 bridgehead atoms. The van der Waals surface area contributed by atoms with Crippen LogP contribution in [0.25, 0.3) is 0 Å². The molecule has 0 aliphatic carbocycles. The summed E-state index contributed by atoms with van der Waals surface area (Å²) < 4.78 is 27.3. The van der Waals surface area contributed by atoms with Crippen molar-refractivity contribution in [2.75, 3.05) is 27.6 Å². The summed E-state index contributed by atoms with van der Waals surface area (Å²) in [6, 6.07) is 0. The highest BCUT2D eigenvalue weighted by molar-refractivity contribution is 7.80. The molecule has 1 aromatic rings. The quantitative estimate of drug-likeness (QED) is 0.260. The number of thiocarbonyl (C=S) groups is 1. The highest BCUT2D eigenvalue weighted by Crippen LogP contribution is 2.51. The number of hydrogen-bond donors (Lipinski definition) is 2. The molecule has 0 aromatic heterocycles. The van der Waals surface area contributed by atoms with Crippen LogP contribution in [0.5, 0.6) is 23.0 Å². The number of carbonyl (C=O) groups excluding carboxylic acids is 1. The van der Waals surface area contributed by atoms with Gasteiger partial charge in [0, 0.05) is 24.0 Å². The SMILES string of the molecule is CCOC(=O)C1=NO[C@H](Cc2c(/C=N\NC(N)=S)c3c(c(OC)c2OC)OCO3)C1. The van der Waals surface area contributed by atoms with Crippen molar-refractivity contribution in [1.29, 1.82) is 0 Å². The average Bonchev–Trinajstić information content (AvgIpc) is 3.38. The predicted molar refractivity (Wildman–Crippen MR) is 110 cm³/mol. The van der Waals surface area contributed by atoms with E-state index < -0.39 is 12.1 Å². The Morgan fingerprint density at radius 3 is 2.73 bits per heavy atom. The van der Waals surface area contributed by atoms with Crippen LogP contribution in [0.3, 0.4) is 0 Å². The smallest absolute Gasteiger partial charge is 0.356 e. The molecule has 0 radical (unpaired) electrons. The van der Waals surface area contributed by atoms with Gasteiger partial charge < -0.3 is 34.3 Å². The van der Waals surface area contributed by atoms with Crippen LogP contribution in [-0.4, -0.2) is 56.7 Å². The Balaban J connectivity index is 1.97. The summed E-state index contributed by atoms with van der Waals surface area (Å²) in [6.45, 7) is 1.99. The fourth-order valence-corrected chi connectivity index (χ4v) is 3.20. The Hall–Kier alpha value is -3.28. The minimum absolute atomic E-state index is 0.00805. The molecule has 2 aliphatic heterocycles. The highest BCUT2D eigenvalue weighted by Gasteiger charge is 2.34. The number of fused-ring (bicyclic) bond motifs is 1. The third-order valence-electron chi connectivity index (χ3n) is 4.32. The van der Waals surface area contributed by atoms with Gasteiger partial charge >= 0.3 is 5.97 Å². The zero-order chi connectivity index (χ0) is 21.7. The third kappa shape index (κ3) is 4.32. The van der Waals surface area contributed by atoms with E-state index in [1.165, 1.54) is 20.4 Å². The summed E-state index contributed by atoms with van der Waals surface area (Å²) in [7, 11) is 3.01. The number of carbonyl (C=O) groups is 1. The molecule has 3 N–H and O–H groups in total. The highest BCUT2D eigenvalue weighted by atomic mass is 32.1. The van der Waals surface area contributed by atoms with Crippen molar-refractivity contribution in [3.63, 3.8) is 0 Å². The molecule has 11 nitrogen and oxygen atoms in total. The van der Waals surface area contributed by atoms with Crippen molar-refractivity contribution >= 4 is 35.2 Å². The van der Waals surface area contributed by atoms with Crippen LogP contribution in [0.1, 0.15) is 24.5 Å². The molecule has 12 heteroatoms.